The molecular formula is C18H21Cl2N3O3. The van der Waals surface area contributed by atoms with Gasteiger partial charge in [0, 0.05) is 42.5 Å². The van der Waals surface area contributed by atoms with Crippen LogP contribution in [0.15, 0.2) is 28.7 Å². The molecule has 2 N–H and O–H groups in total. The summed E-state index contributed by atoms with van der Waals surface area (Å²) < 4.78 is 5.66. The molecule has 2 aliphatic heterocycles. The van der Waals surface area contributed by atoms with Crippen molar-refractivity contribution >= 4 is 46.8 Å². The van der Waals surface area contributed by atoms with Crippen molar-refractivity contribution in [1.29, 1.82) is 0 Å². The number of carbonyl (C=O) groups is 2. The molecule has 6 nitrogen and oxygen atoms in total. The highest BCUT2D eigenvalue weighted by atomic mass is 35.5. The molecule has 2 fully saturated rings. The Balaban J connectivity index is 0.00000196. The predicted molar refractivity (Wildman–Crippen MR) is 102 cm³/mol. The van der Waals surface area contributed by atoms with E-state index in [1.165, 1.54) is 0 Å². The zero-order chi connectivity index (χ0) is 17.6. The Morgan fingerprint density at radius 1 is 1.23 bits per heavy atom. The molecule has 0 aliphatic carbocycles. The Bertz CT molecular complexity index is 838. The van der Waals surface area contributed by atoms with Gasteiger partial charge in [-0.25, -0.2) is 0 Å². The Labute approximate surface area is 162 Å². The first-order valence-corrected chi connectivity index (χ1v) is 8.94. The van der Waals surface area contributed by atoms with Crippen LogP contribution < -0.4 is 5.73 Å². The van der Waals surface area contributed by atoms with Crippen LogP contribution in [0.5, 0.6) is 0 Å². The minimum atomic E-state index is -0.232. The first-order chi connectivity index (χ1) is 12.0. The quantitative estimate of drug-likeness (QED) is 0.844. The topological polar surface area (TPSA) is 79.8 Å². The number of amides is 2. The van der Waals surface area contributed by atoms with Gasteiger partial charge in [0.25, 0.3) is 5.91 Å². The van der Waals surface area contributed by atoms with Crippen LogP contribution in [-0.2, 0) is 4.79 Å². The lowest BCUT2D eigenvalue weighted by atomic mass is 10.1. The summed E-state index contributed by atoms with van der Waals surface area (Å²) in [6.45, 7) is 1.59. The van der Waals surface area contributed by atoms with Gasteiger partial charge in [0.15, 0.2) is 5.76 Å². The number of hydrogen-bond donors (Lipinski definition) is 1. The number of nitrogens with zero attached hydrogens (tertiary/aromatic N) is 2. The molecule has 140 valence electrons. The Morgan fingerprint density at radius 2 is 2.04 bits per heavy atom. The highest BCUT2D eigenvalue weighted by Gasteiger charge is 2.40. The van der Waals surface area contributed by atoms with Gasteiger partial charge in [-0.2, -0.15) is 0 Å². The molecule has 0 unspecified atom stereocenters. The molecule has 0 bridgehead atoms. The number of likely N-dealkylation sites (tertiary alicyclic amines) is 2. The maximum Gasteiger partial charge on any atom is 0.289 e. The molecule has 2 atom stereocenters. The second-order valence-electron chi connectivity index (χ2n) is 6.78. The third-order valence-corrected chi connectivity index (χ3v) is 5.30. The monoisotopic (exact) mass is 397 g/mol. The lowest BCUT2D eigenvalue weighted by Crippen LogP contribution is -2.51. The van der Waals surface area contributed by atoms with Gasteiger partial charge in [-0.05, 0) is 37.1 Å². The first kappa shape index (κ1) is 19.0. The van der Waals surface area contributed by atoms with E-state index in [0.29, 0.717) is 30.1 Å². The number of hydrogen-bond acceptors (Lipinski definition) is 4. The summed E-state index contributed by atoms with van der Waals surface area (Å²) in [5, 5.41) is 1.39. The number of rotatable bonds is 2. The van der Waals surface area contributed by atoms with Crippen molar-refractivity contribution in [1.82, 2.24) is 9.80 Å². The summed E-state index contributed by atoms with van der Waals surface area (Å²) in [5.41, 5.74) is 6.86. The minimum absolute atomic E-state index is 0. The van der Waals surface area contributed by atoms with E-state index in [1.807, 2.05) is 4.90 Å². The van der Waals surface area contributed by atoms with Crippen molar-refractivity contribution in [3.05, 3.63) is 35.0 Å². The summed E-state index contributed by atoms with van der Waals surface area (Å²) in [6.07, 6.45) is 2.50. The van der Waals surface area contributed by atoms with Crippen molar-refractivity contribution in [2.75, 3.05) is 19.6 Å². The van der Waals surface area contributed by atoms with Gasteiger partial charge in [-0.3, -0.25) is 9.59 Å². The molecule has 0 radical (unpaired) electrons. The van der Waals surface area contributed by atoms with Crippen LogP contribution in [0.2, 0.25) is 5.02 Å². The van der Waals surface area contributed by atoms with Crippen LogP contribution in [-0.4, -0.2) is 53.3 Å². The van der Waals surface area contributed by atoms with Crippen LogP contribution in [0.25, 0.3) is 11.0 Å². The number of nitrogens with two attached hydrogens (primary N) is 1. The van der Waals surface area contributed by atoms with E-state index in [1.54, 1.807) is 29.2 Å². The van der Waals surface area contributed by atoms with E-state index in [0.717, 1.165) is 24.8 Å². The maximum atomic E-state index is 12.8. The molecule has 2 amide bonds. The lowest BCUT2D eigenvalue weighted by Gasteiger charge is -2.34. The standard InChI is InChI=1S/C18H20ClN3O3.ClH/c19-12-4-5-15-11(7-12)8-16(25-15)18(24)21-9-13(20)14(10-21)22-6-2-1-3-17(22)23;/h4-5,7-8,13-14H,1-3,6,9-10,20H2;1H/t13-,14-;/m0./s1. The molecule has 4 rings (SSSR count). The molecule has 8 heteroatoms. The van der Waals surface area contributed by atoms with Gasteiger partial charge in [0.05, 0.1) is 6.04 Å². The van der Waals surface area contributed by atoms with Crippen molar-refractivity contribution < 1.29 is 14.0 Å². The molecule has 26 heavy (non-hydrogen) atoms. The van der Waals surface area contributed by atoms with Gasteiger partial charge in [-0.15, -0.1) is 12.4 Å². The maximum absolute atomic E-state index is 12.8. The number of benzene rings is 1. The van der Waals surface area contributed by atoms with E-state index in [2.05, 4.69) is 0 Å². The molecule has 1 aromatic carbocycles. The predicted octanol–water partition coefficient (Wildman–Crippen LogP) is 2.67. The van der Waals surface area contributed by atoms with Gasteiger partial charge in [0.1, 0.15) is 5.58 Å². The highest BCUT2D eigenvalue weighted by molar-refractivity contribution is 6.31. The molecule has 2 aromatic rings. The average Bonchev–Trinajstić information content (AvgIpc) is 3.18. The number of carbonyl (C=O) groups excluding carboxylic acids is 2. The summed E-state index contributed by atoms with van der Waals surface area (Å²) in [6, 6.07) is 6.60. The Morgan fingerprint density at radius 3 is 2.81 bits per heavy atom. The molecule has 2 saturated heterocycles. The van der Waals surface area contributed by atoms with E-state index < -0.39 is 0 Å². The smallest absolute Gasteiger partial charge is 0.289 e. The van der Waals surface area contributed by atoms with E-state index in [-0.39, 0.29) is 42.1 Å². The minimum Gasteiger partial charge on any atom is -0.451 e. The van der Waals surface area contributed by atoms with E-state index >= 15 is 0 Å². The molecule has 0 saturated carbocycles. The van der Waals surface area contributed by atoms with Crippen molar-refractivity contribution in [2.24, 2.45) is 5.73 Å². The summed E-state index contributed by atoms with van der Waals surface area (Å²) in [7, 11) is 0. The van der Waals surface area contributed by atoms with Crippen LogP contribution in [0.4, 0.5) is 0 Å². The largest absolute Gasteiger partial charge is 0.451 e. The fraction of sp³-hybridized carbons (Fsp3) is 0.444. The van der Waals surface area contributed by atoms with Gasteiger partial charge >= 0.3 is 0 Å². The average molecular weight is 398 g/mol. The molecule has 2 aliphatic rings. The highest BCUT2D eigenvalue weighted by Crippen LogP contribution is 2.26. The van der Waals surface area contributed by atoms with Crippen molar-refractivity contribution in [3.8, 4) is 0 Å². The zero-order valence-corrected chi connectivity index (χ0v) is 15.8. The van der Waals surface area contributed by atoms with Crippen LogP contribution in [0, 0.1) is 0 Å². The van der Waals surface area contributed by atoms with Gasteiger partial charge < -0.3 is 20.0 Å². The van der Waals surface area contributed by atoms with Crippen LogP contribution >= 0.6 is 24.0 Å². The molecular weight excluding hydrogens is 377 g/mol. The fourth-order valence-corrected chi connectivity index (χ4v) is 3.94. The number of piperidine rings is 1. The van der Waals surface area contributed by atoms with Crippen LogP contribution in [0.3, 0.4) is 0 Å². The third-order valence-electron chi connectivity index (χ3n) is 5.07. The van der Waals surface area contributed by atoms with Crippen molar-refractivity contribution in [2.45, 2.75) is 31.3 Å². The first-order valence-electron chi connectivity index (χ1n) is 8.56. The summed E-state index contributed by atoms with van der Waals surface area (Å²) >= 11 is 5.98. The van der Waals surface area contributed by atoms with E-state index in [4.69, 9.17) is 21.8 Å². The SMILES string of the molecule is Cl.N[C@H]1CN(C(=O)c2cc3cc(Cl)ccc3o2)C[C@@H]1N1CCCCC1=O. The second-order valence-corrected chi connectivity index (χ2v) is 7.21. The lowest BCUT2D eigenvalue weighted by molar-refractivity contribution is -0.135. The molecule has 1 aromatic heterocycles. The molecule has 0 spiro atoms. The molecule has 3 heterocycles. The second kappa shape index (κ2) is 7.47. The van der Waals surface area contributed by atoms with Gasteiger partial charge in [0.2, 0.25) is 5.91 Å². The van der Waals surface area contributed by atoms with E-state index in [9.17, 15) is 9.59 Å². The van der Waals surface area contributed by atoms with Gasteiger partial charge in [-0.1, -0.05) is 11.6 Å². The Hall–Kier alpha value is -1.76. The summed E-state index contributed by atoms with van der Waals surface area (Å²) in [4.78, 5) is 28.5. The summed E-state index contributed by atoms with van der Waals surface area (Å²) in [5.74, 6) is 0.212. The van der Waals surface area contributed by atoms with Crippen molar-refractivity contribution in [3.63, 3.8) is 0 Å². The van der Waals surface area contributed by atoms with Crippen LogP contribution in [0.1, 0.15) is 29.8 Å². The normalized spacial score (nSPS) is 23.4. The number of halogens is 2. The fourth-order valence-electron chi connectivity index (χ4n) is 3.76. The Kier molecular flexibility index (Phi) is 5.46. The number of fused-ring (bicyclic) bond motifs is 1. The zero-order valence-electron chi connectivity index (χ0n) is 14.2. The number of furan rings is 1. The third kappa shape index (κ3) is 3.41.